The first-order chi connectivity index (χ1) is 4.19. The highest BCUT2D eigenvalue weighted by molar-refractivity contribution is 14.2. The molecular formula is C2HBr4IO2S. The summed E-state index contributed by atoms with van der Waals surface area (Å²) in [6, 6.07) is 0. The number of halogens is 5. The molecule has 0 heterocycles. The Morgan fingerprint density at radius 1 is 1.30 bits per heavy atom. The SMILES string of the molecule is O=S(=O)(I)C(Br)(Br)C(Br)Br. The third-order valence-corrected chi connectivity index (χ3v) is 15.1. The van der Waals surface area contributed by atoms with Crippen LogP contribution in [0.1, 0.15) is 0 Å². The Balaban J connectivity index is 4.76. The molecule has 0 saturated heterocycles. The quantitative estimate of drug-likeness (QED) is 0.309. The van der Waals surface area contributed by atoms with E-state index in [2.05, 4.69) is 63.7 Å². The van der Waals surface area contributed by atoms with Crippen molar-refractivity contribution in [2.75, 3.05) is 0 Å². The van der Waals surface area contributed by atoms with E-state index >= 15 is 0 Å². The summed E-state index contributed by atoms with van der Waals surface area (Å²) in [4.78, 5) is 0. The summed E-state index contributed by atoms with van der Waals surface area (Å²) >= 11 is 13.5. The fraction of sp³-hybridized carbons (Fsp3) is 1.00. The number of rotatable bonds is 2. The molecule has 0 fully saturated rings. The van der Waals surface area contributed by atoms with E-state index in [0.717, 1.165) is 0 Å². The Hall–Kier alpha value is 2.60. The second-order valence-corrected chi connectivity index (χ2v) is 14.0. The molecule has 0 aromatic heterocycles. The standard InChI is InChI=1S/C2HBr4IO2S/c3-1(4)2(5,6)10(7,8)9/h1H. The molecule has 0 unspecified atom stereocenters. The minimum absolute atomic E-state index is 0.380. The molecule has 0 radical (unpaired) electrons. The van der Waals surface area contributed by atoms with E-state index < -0.39 is 9.57 Å². The summed E-state index contributed by atoms with van der Waals surface area (Å²) in [6.45, 7) is 0. The van der Waals surface area contributed by atoms with Crippen LogP contribution in [0.2, 0.25) is 0 Å². The summed E-state index contributed by atoms with van der Waals surface area (Å²) in [5.74, 6) is 0. The molecule has 2 nitrogen and oxygen atoms in total. The molecule has 0 saturated carbocycles. The monoisotopic (exact) mass is 532 g/mol. The molecule has 0 aromatic carbocycles. The molecule has 0 spiro atoms. The highest BCUT2D eigenvalue weighted by atomic mass is 127. The molecule has 0 aliphatic rings. The van der Waals surface area contributed by atoms with Gasteiger partial charge in [0.15, 0.2) is 0 Å². The average molecular weight is 536 g/mol. The molecule has 0 bridgehead atoms. The van der Waals surface area contributed by atoms with Crippen molar-refractivity contribution in [3.63, 3.8) is 0 Å². The summed E-state index contributed by atoms with van der Waals surface area (Å²) in [6.07, 6.45) is 0. The van der Waals surface area contributed by atoms with Crippen LogP contribution < -0.4 is 0 Å². The molecule has 8 heteroatoms. The number of hydrogen-bond acceptors (Lipinski definition) is 2. The van der Waals surface area contributed by atoms with Crippen LogP contribution in [-0.4, -0.2) is 14.7 Å². The lowest BCUT2D eigenvalue weighted by molar-refractivity contribution is 0.610. The first-order valence-electron chi connectivity index (χ1n) is 1.79. The van der Waals surface area contributed by atoms with E-state index in [4.69, 9.17) is 0 Å². The normalized spacial score (nSPS) is 14.2. The Labute approximate surface area is 105 Å². The molecule has 0 aliphatic carbocycles. The van der Waals surface area contributed by atoms with Gasteiger partial charge in [-0.25, -0.2) is 8.42 Å². The lowest BCUT2D eigenvalue weighted by Crippen LogP contribution is -2.26. The lowest BCUT2D eigenvalue weighted by atomic mass is 11.0. The highest BCUT2D eigenvalue weighted by Crippen LogP contribution is 2.45. The topological polar surface area (TPSA) is 34.1 Å². The van der Waals surface area contributed by atoms with Gasteiger partial charge in [0.25, 0.3) is 0 Å². The van der Waals surface area contributed by atoms with E-state index in [1.54, 1.807) is 0 Å². The van der Waals surface area contributed by atoms with Crippen molar-refractivity contribution in [3.05, 3.63) is 0 Å². The van der Waals surface area contributed by atoms with Gasteiger partial charge < -0.3 is 0 Å². The van der Waals surface area contributed by atoms with Gasteiger partial charge in [0.2, 0.25) is 9.57 Å². The molecule has 0 atom stereocenters. The van der Waals surface area contributed by atoms with E-state index in [0.29, 0.717) is 0 Å². The molecule has 0 aromatic rings. The van der Waals surface area contributed by atoms with Gasteiger partial charge in [0.1, 0.15) is 3.74 Å². The van der Waals surface area contributed by atoms with Gasteiger partial charge in [-0.15, -0.1) is 0 Å². The second-order valence-electron chi connectivity index (χ2n) is 1.30. The molecule has 0 rings (SSSR count). The Morgan fingerprint density at radius 3 is 1.60 bits per heavy atom. The summed E-state index contributed by atoms with van der Waals surface area (Å²) in [5.41, 5.74) is 0. The van der Waals surface area contributed by atoms with Gasteiger partial charge in [0, 0.05) is 0 Å². The third kappa shape index (κ3) is 3.15. The van der Waals surface area contributed by atoms with E-state index in [1.807, 2.05) is 0 Å². The smallest absolute Gasteiger partial charge is 0.216 e. The maximum Gasteiger partial charge on any atom is 0.230 e. The van der Waals surface area contributed by atoms with Crippen molar-refractivity contribution in [1.82, 2.24) is 0 Å². The maximum absolute atomic E-state index is 10.9. The van der Waals surface area contributed by atoms with Crippen LogP contribution in [0, 0.1) is 0 Å². The third-order valence-electron chi connectivity index (χ3n) is 0.579. The van der Waals surface area contributed by atoms with Crippen molar-refractivity contribution < 1.29 is 8.42 Å². The van der Waals surface area contributed by atoms with Crippen molar-refractivity contribution in [3.8, 4) is 0 Å². The first kappa shape index (κ1) is 12.6. The average Bonchev–Trinajstić information content (AvgIpc) is 1.62. The summed E-state index contributed by atoms with van der Waals surface area (Å²) in [7, 11) is -3.19. The van der Waals surface area contributed by atoms with Crippen LogP contribution in [0.3, 0.4) is 0 Å². The predicted molar refractivity (Wildman–Crippen MR) is 65.2 cm³/mol. The second kappa shape index (κ2) is 4.21. The largest absolute Gasteiger partial charge is 0.230 e. The zero-order valence-corrected chi connectivity index (χ0v) is 13.5. The van der Waals surface area contributed by atoms with Crippen molar-refractivity contribution >= 4 is 91.9 Å². The molecule has 0 amide bonds. The summed E-state index contributed by atoms with van der Waals surface area (Å²) < 4.78 is 20.3. The minimum atomic E-state index is -3.19. The fourth-order valence-corrected chi connectivity index (χ4v) is 4.65. The highest BCUT2D eigenvalue weighted by Gasteiger charge is 2.42. The van der Waals surface area contributed by atoms with Crippen LogP contribution in [0.15, 0.2) is 0 Å². The molecule has 0 N–H and O–H groups in total. The first-order valence-corrected chi connectivity index (χ1v) is 9.24. The Kier molecular flexibility index (Phi) is 5.30. The van der Waals surface area contributed by atoms with Crippen LogP contribution in [-0.2, 0) is 7.01 Å². The van der Waals surface area contributed by atoms with Crippen LogP contribution in [0.25, 0.3) is 0 Å². The van der Waals surface area contributed by atoms with Crippen LogP contribution in [0.5, 0.6) is 0 Å². The Bertz CT molecular complexity index is 209. The van der Waals surface area contributed by atoms with Gasteiger partial charge in [-0.2, -0.15) is 0 Å². The van der Waals surface area contributed by atoms with E-state index in [1.165, 1.54) is 21.2 Å². The number of alkyl halides is 4. The van der Waals surface area contributed by atoms with Crippen molar-refractivity contribution in [2.24, 2.45) is 0 Å². The van der Waals surface area contributed by atoms with Crippen molar-refractivity contribution in [1.29, 1.82) is 0 Å². The van der Waals surface area contributed by atoms with Crippen molar-refractivity contribution in [2.45, 2.75) is 6.30 Å². The number of hydrogen-bond donors (Lipinski definition) is 0. The molecule has 62 valence electrons. The lowest BCUT2D eigenvalue weighted by Gasteiger charge is -2.17. The van der Waals surface area contributed by atoms with Gasteiger partial charge in [-0.3, -0.25) is 0 Å². The maximum atomic E-state index is 10.9. The zero-order chi connectivity index (χ0) is 8.58. The minimum Gasteiger partial charge on any atom is -0.216 e. The van der Waals surface area contributed by atoms with Gasteiger partial charge >= 0.3 is 0 Å². The van der Waals surface area contributed by atoms with Gasteiger partial charge in [-0.1, -0.05) is 63.7 Å². The van der Waals surface area contributed by atoms with Gasteiger partial charge in [0.05, 0.1) is 21.2 Å². The van der Waals surface area contributed by atoms with Crippen LogP contribution >= 0.6 is 84.9 Å². The molecule has 10 heavy (non-hydrogen) atoms. The van der Waals surface area contributed by atoms with E-state index in [-0.39, 0.29) is 3.74 Å². The molecular weight excluding hydrogens is 535 g/mol. The zero-order valence-electron chi connectivity index (χ0n) is 4.19. The van der Waals surface area contributed by atoms with Gasteiger partial charge in [-0.05, 0) is 0 Å². The fourth-order valence-electron chi connectivity index (χ4n) is 0.106. The van der Waals surface area contributed by atoms with E-state index in [9.17, 15) is 8.42 Å². The van der Waals surface area contributed by atoms with Crippen LogP contribution in [0.4, 0.5) is 0 Å². The molecule has 0 aliphatic heterocycles. The summed E-state index contributed by atoms with van der Waals surface area (Å²) in [5, 5.41) is 0. The predicted octanol–water partition coefficient (Wildman–Crippen LogP) is 3.31. The Morgan fingerprint density at radius 2 is 1.60 bits per heavy atom.